The van der Waals surface area contributed by atoms with Crippen molar-refractivity contribution in [1.82, 2.24) is 10.6 Å². The molecule has 0 unspecified atom stereocenters. The molecule has 2 rings (SSSR count). The summed E-state index contributed by atoms with van der Waals surface area (Å²) in [4.78, 5) is 35.3. The molecule has 2 N–H and O–H groups in total. The average Bonchev–Trinajstić information content (AvgIpc) is 2.65. The van der Waals surface area contributed by atoms with Crippen LogP contribution in [-0.4, -0.2) is 51.9 Å². The fourth-order valence-corrected chi connectivity index (χ4v) is 3.50. The number of benzene rings is 1. The minimum atomic E-state index is -3.61. The maximum atomic E-state index is 12.2. The van der Waals surface area contributed by atoms with Crippen LogP contribution >= 0.6 is 0 Å². The van der Waals surface area contributed by atoms with Crippen molar-refractivity contribution in [2.24, 2.45) is 0 Å². The van der Waals surface area contributed by atoms with Crippen LogP contribution in [0, 0.1) is 0 Å². The second-order valence-corrected chi connectivity index (χ2v) is 7.64. The third-order valence-corrected chi connectivity index (χ3v) is 5.36. The van der Waals surface area contributed by atoms with Crippen LogP contribution in [0.25, 0.3) is 0 Å². The summed E-state index contributed by atoms with van der Waals surface area (Å²) >= 11 is 0. The van der Waals surface area contributed by atoms with Gasteiger partial charge in [-0.25, -0.2) is 18.0 Å². The fourth-order valence-electron chi connectivity index (χ4n) is 2.26. The smallest absolute Gasteiger partial charge is 0.337 e. The molecule has 2 amide bonds. The van der Waals surface area contributed by atoms with Crippen molar-refractivity contribution in [1.29, 1.82) is 0 Å². The fraction of sp³-hybridized carbons (Fsp3) is 0.353. The van der Waals surface area contributed by atoms with E-state index < -0.39 is 33.6 Å². The van der Waals surface area contributed by atoms with Gasteiger partial charge < -0.3 is 20.1 Å². The largest absolute Gasteiger partial charge is 0.463 e. The molecule has 1 aromatic rings. The van der Waals surface area contributed by atoms with Crippen LogP contribution in [0.3, 0.4) is 0 Å². The van der Waals surface area contributed by atoms with Crippen LogP contribution in [0.4, 0.5) is 4.79 Å². The lowest BCUT2D eigenvalue weighted by Crippen LogP contribution is -2.45. The zero-order chi connectivity index (χ0) is 19.9. The van der Waals surface area contributed by atoms with E-state index in [-0.39, 0.29) is 42.3 Å². The van der Waals surface area contributed by atoms with Crippen LogP contribution in [0.5, 0.6) is 0 Å². The Morgan fingerprint density at radius 3 is 2.52 bits per heavy atom. The van der Waals surface area contributed by atoms with Gasteiger partial charge in [0.15, 0.2) is 9.84 Å². The highest BCUT2D eigenvalue weighted by atomic mass is 32.2. The van der Waals surface area contributed by atoms with Gasteiger partial charge >= 0.3 is 18.0 Å². The first kappa shape index (κ1) is 20.4. The summed E-state index contributed by atoms with van der Waals surface area (Å²) in [6, 6.07) is 7.22. The lowest BCUT2D eigenvalue weighted by molar-refractivity contribution is -0.143. The second kappa shape index (κ2) is 9.17. The summed E-state index contributed by atoms with van der Waals surface area (Å²) in [5.41, 5.74) is 0.248. The van der Waals surface area contributed by atoms with Crippen molar-refractivity contribution < 1.29 is 32.3 Å². The average molecular weight is 396 g/mol. The Kier molecular flexibility index (Phi) is 6.94. The Morgan fingerprint density at radius 2 is 1.85 bits per heavy atom. The number of carbonyl (C=O) groups is 3. The van der Waals surface area contributed by atoms with E-state index in [1.54, 1.807) is 25.1 Å². The molecule has 9 nitrogen and oxygen atoms in total. The number of ether oxygens (including phenoxy) is 2. The molecule has 1 aliphatic heterocycles. The Hall–Kier alpha value is -2.88. The third kappa shape index (κ3) is 5.81. The maximum absolute atomic E-state index is 12.2. The molecular formula is C17H20N2O7S. The second-order valence-electron chi connectivity index (χ2n) is 5.53. The van der Waals surface area contributed by atoms with Crippen molar-refractivity contribution in [2.45, 2.75) is 18.2 Å². The first-order valence-corrected chi connectivity index (χ1v) is 9.86. The molecule has 1 heterocycles. The van der Waals surface area contributed by atoms with Crippen molar-refractivity contribution in [3.63, 3.8) is 0 Å². The van der Waals surface area contributed by atoms with E-state index in [1.807, 2.05) is 0 Å². The number of sulfone groups is 1. The van der Waals surface area contributed by atoms with Gasteiger partial charge in [-0.05, 0) is 19.1 Å². The SMILES string of the molecule is CCOC(=O)C1=C(COC(=O)CCS(=O)(=O)c2ccccc2)NC(=O)NC1. The van der Waals surface area contributed by atoms with Crippen LogP contribution < -0.4 is 10.6 Å². The monoisotopic (exact) mass is 396 g/mol. The molecule has 0 aliphatic carbocycles. The predicted octanol–water partition coefficient (Wildman–Crippen LogP) is 0.524. The Balaban J connectivity index is 1.95. The van der Waals surface area contributed by atoms with Gasteiger partial charge in [-0.15, -0.1) is 0 Å². The maximum Gasteiger partial charge on any atom is 0.337 e. The summed E-state index contributed by atoms with van der Waals surface area (Å²) in [7, 11) is -3.61. The minimum Gasteiger partial charge on any atom is -0.463 e. The molecule has 0 radical (unpaired) electrons. The highest BCUT2D eigenvalue weighted by molar-refractivity contribution is 7.91. The van der Waals surface area contributed by atoms with Gasteiger partial charge in [0, 0.05) is 0 Å². The van der Waals surface area contributed by atoms with Gasteiger partial charge in [0.1, 0.15) is 6.61 Å². The van der Waals surface area contributed by atoms with Gasteiger partial charge in [-0.2, -0.15) is 0 Å². The van der Waals surface area contributed by atoms with Gasteiger partial charge in [0.05, 0.1) is 41.5 Å². The van der Waals surface area contributed by atoms with Gasteiger partial charge in [-0.1, -0.05) is 18.2 Å². The summed E-state index contributed by atoms with van der Waals surface area (Å²) in [5, 5.41) is 4.82. The topological polar surface area (TPSA) is 128 Å². The standard InChI is InChI=1S/C17H20N2O7S/c1-2-25-16(21)13-10-18-17(22)19-14(13)11-26-15(20)8-9-27(23,24)12-6-4-3-5-7-12/h3-7H,2,8-11H2,1H3,(H2,18,19,22). The minimum absolute atomic E-state index is 0.0556. The summed E-state index contributed by atoms with van der Waals surface area (Å²) in [5.74, 6) is -1.81. The molecule has 0 aromatic heterocycles. The number of esters is 2. The molecule has 10 heteroatoms. The zero-order valence-electron chi connectivity index (χ0n) is 14.7. The van der Waals surface area contributed by atoms with E-state index in [9.17, 15) is 22.8 Å². The van der Waals surface area contributed by atoms with Crippen LogP contribution in [-0.2, 0) is 28.9 Å². The number of nitrogens with one attached hydrogen (secondary N) is 2. The molecule has 0 spiro atoms. The molecule has 146 valence electrons. The normalized spacial score (nSPS) is 14.2. The van der Waals surface area contributed by atoms with E-state index >= 15 is 0 Å². The molecule has 1 aromatic carbocycles. The lowest BCUT2D eigenvalue weighted by Gasteiger charge is -2.21. The van der Waals surface area contributed by atoms with E-state index in [1.165, 1.54) is 12.1 Å². The number of hydrogen-bond acceptors (Lipinski definition) is 7. The predicted molar refractivity (Wildman–Crippen MR) is 94.3 cm³/mol. The number of urea groups is 1. The first-order chi connectivity index (χ1) is 12.8. The van der Waals surface area contributed by atoms with E-state index in [0.717, 1.165) is 0 Å². The molecule has 0 bridgehead atoms. The Bertz CT molecular complexity index is 847. The van der Waals surface area contributed by atoms with Gasteiger partial charge in [0.25, 0.3) is 0 Å². The Morgan fingerprint density at radius 1 is 1.15 bits per heavy atom. The molecular weight excluding hydrogens is 376 g/mol. The number of amides is 2. The van der Waals surface area contributed by atoms with Crippen LogP contribution in [0.2, 0.25) is 0 Å². The van der Waals surface area contributed by atoms with E-state index in [0.29, 0.717) is 0 Å². The van der Waals surface area contributed by atoms with Gasteiger partial charge in [-0.3, -0.25) is 4.79 Å². The number of carbonyl (C=O) groups excluding carboxylic acids is 3. The highest BCUT2D eigenvalue weighted by Gasteiger charge is 2.25. The molecule has 27 heavy (non-hydrogen) atoms. The van der Waals surface area contributed by atoms with Gasteiger partial charge in [0.2, 0.25) is 0 Å². The molecule has 1 aliphatic rings. The Labute approximate surface area is 156 Å². The number of rotatable bonds is 8. The third-order valence-electron chi connectivity index (χ3n) is 3.63. The lowest BCUT2D eigenvalue weighted by atomic mass is 10.2. The zero-order valence-corrected chi connectivity index (χ0v) is 15.5. The van der Waals surface area contributed by atoms with Crippen molar-refractivity contribution in [3.8, 4) is 0 Å². The van der Waals surface area contributed by atoms with E-state index in [2.05, 4.69) is 10.6 Å². The van der Waals surface area contributed by atoms with Crippen molar-refractivity contribution >= 4 is 27.8 Å². The van der Waals surface area contributed by atoms with Crippen molar-refractivity contribution in [3.05, 3.63) is 41.6 Å². The summed E-state index contributed by atoms with van der Waals surface area (Å²) in [6.45, 7) is 1.37. The van der Waals surface area contributed by atoms with Crippen LogP contribution in [0.1, 0.15) is 13.3 Å². The van der Waals surface area contributed by atoms with E-state index in [4.69, 9.17) is 9.47 Å². The molecule has 0 fully saturated rings. The summed E-state index contributed by atoms with van der Waals surface area (Å²) in [6.07, 6.45) is -0.356. The first-order valence-electron chi connectivity index (χ1n) is 8.21. The van der Waals surface area contributed by atoms with Crippen molar-refractivity contribution in [2.75, 3.05) is 25.5 Å². The molecule has 0 saturated carbocycles. The molecule has 0 atom stereocenters. The summed E-state index contributed by atoms with van der Waals surface area (Å²) < 4.78 is 34.2. The van der Waals surface area contributed by atoms with Crippen LogP contribution in [0.15, 0.2) is 46.5 Å². The number of hydrogen-bond donors (Lipinski definition) is 2. The quantitative estimate of drug-likeness (QED) is 0.613. The molecule has 0 saturated heterocycles. The highest BCUT2D eigenvalue weighted by Crippen LogP contribution is 2.12.